The van der Waals surface area contributed by atoms with Crippen molar-refractivity contribution >= 4 is 33.5 Å². The quantitative estimate of drug-likeness (QED) is 0.554. The minimum absolute atomic E-state index is 0.239. The van der Waals surface area contributed by atoms with Crippen LogP contribution in [0.1, 0.15) is 11.1 Å². The Morgan fingerprint density at radius 3 is 2.33 bits per heavy atom. The Kier molecular flexibility index (Phi) is 6.06. The number of nitrogens with zero attached hydrogens (tertiary/aromatic N) is 2. The maximum absolute atomic E-state index is 12.7. The van der Waals surface area contributed by atoms with E-state index < -0.39 is 10.0 Å². The van der Waals surface area contributed by atoms with Gasteiger partial charge in [-0.2, -0.15) is 4.31 Å². The Labute approximate surface area is 164 Å². The summed E-state index contributed by atoms with van der Waals surface area (Å²) in [4.78, 5) is 4.60. The summed E-state index contributed by atoms with van der Waals surface area (Å²) in [5, 5.41) is 0.641. The lowest BCUT2D eigenvalue weighted by Crippen LogP contribution is -2.26. The molecule has 3 aromatic carbocycles. The summed E-state index contributed by atoms with van der Waals surface area (Å²) in [6, 6.07) is 23.4. The van der Waals surface area contributed by atoms with E-state index in [-0.39, 0.29) is 4.90 Å². The molecule has 0 aliphatic rings. The highest BCUT2D eigenvalue weighted by molar-refractivity contribution is 7.89. The van der Waals surface area contributed by atoms with Crippen LogP contribution in [-0.4, -0.2) is 26.0 Å². The number of rotatable bonds is 6. The molecule has 0 unspecified atom stereocenters. The fourth-order valence-electron chi connectivity index (χ4n) is 2.55. The molecule has 27 heavy (non-hydrogen) atoms. The highest BCUT2D eigenvalue weighted by Gasteiger charge is 2.20. The molecule has 0 spiro atoms. The summed E-state index contributed by atoms with van der Waals surface area (Å²) in [5.41, 5.74) is 2.48. The molecule has 0 atom stereocenters. The van der Waals surface area contributed by atoms with Crippen molar-refractivity contribution < 1.29 is 8.42 Å². The van der Waals surface area contributed by atoms with Crippen molar-refractivity contribution in [1.29, 1.82) is 0 Å². The van der Waals surface area contributed by atoms with Gasteiger partial charge in [-0.3, -0.25) is 4.99 Å². The highest BCUT2D eigenvalue weighted by Crippen LogP contribution is 2.21. The van der Waals surface area contributed by atoms with Crippen LogP contribution in [-0.2, 0) is 16.6 Å². The Hall–Kier alpha value is -2.47. The second-order valence-corrected chi connectivity index (χ2v) is 8.54. The smallest absolute Gasteiger partial charge is 0.243 e. The molecule has 3 aromatic rings. The maximum Gasteiger partial charge on any atom is 0.243 e. The van der Waals surface area contributed by atoms with Gasteiger partial charge in [0.1, 0.15) is 0 Å². The summed E-state index contributed by atoms with van der Waals surface area (Å²) in [5.74, 6) is 0. The highest BCUT2D eigenvalue weighted by atomic mass is 35.5. The van der Waals surface area contributed by atoms with Crippen LogP contribution < -0.4 is 0 Å². The fraction of sp³-hybridized carbons (Fsp3) is 0.0952. The fourth-order valence-corrected chi connectivity index (χ4v) is 3.90. The number of hydrogen-bond acceptors (Lipinski definition) is 3. The van der Waals surface area contributed by atoms with Crippen molar-refractivity contribution in [3.05, 3.63) is 95.0 Å². The molecule has 3 rings (SSSR count). The van der Waals surface area contributed by atoms with Gasteiger partial charge in [0.25, 0.3) is 0 Å². The first-order valence-electron chi connectivity index (χ1n) is 8.35. The van der Waals surface area contributed by atoms with Crippen molar-refractivity contribution in [3.63, 3.8) is 0 Å². The number of sulfonamides is 1. The first-order valence-corrected chi connectivity index (χ1v) is 10.2. The van der Waals surface area contributed by atoms with Gasteiger partial charge in [-0.15, -0.1) is 0 Å². The first kappa shape index (κ1) is 19.3. The molecule has 0 saturated heterocycles. The lowest BCUT2D eigenvalue weighted by Gasteiger charge is -2.17. The van der Waals surface area contributed by atoms with E-state index in [0.29, 0.717) is 17.3 Å². The third-order valence-corrected chi connectivity index (χ3v) is 6.06. The van der Waals surface area contributed by atoms with Crippen molar-refractivity contribution in [1.82, 2.24) is 4.31 Å². The van der Waals surface area contributed by atoms with Gasteiger partial charge in [-0.05, 0) is 47.5 Å². The van der Waals surface area contributed by atoms with E-state index in [2.05, 4.69) is 4.99 Å². The summed E-state index contributed by atoms with van der Waals surface area (Å²) in [7, 11) is -1.99. The summed E-state index contributed by atoms with van der Waals surface area (Å²) in [6.07, 6.45) is 1.69. The number of aliphatic imine (C=N–C) groups is 1. The molecular weight excluding hydrogens is 380 g/mol. The van der Waals surface area contributed by atoms with Gasteiger partial charge in [0, 0.05) is 24.8 Å². The van der Waals surface area contributed by atoms with Gasteiger partial charge in [0.05, 0.1) is 10.6 Å². The van der Waals surface area contributed by atoms with Crippen LogP contribution in [0.4, 0.5) is 5.69 Å². The molecule has 0 heterocycles. The Bertz CT molecular complexity index is 1030. The van der Waals surface area contributed by atoms with Gasteiger partial charge >= 0.3 is 0 Å². The molecule has 0 aromatic heterocycles. The third kappa shape index (κ3) is 5.04. The maximum atomic E-state index is 12.7. The zero-order valence-corrected chi connectivity index (χ0v) is 16.4. The van der Waals surface area contributed by atoms with Crippen LogP contribution in [0.25, 0.3) is 0 Å². The minimum Gasteiger partial charge on any atom is -0.256 e. The normalized spacial score (nSPS) is 12.0. The van der Waals surface area contributed by atoms with Gasteiger partial charge in [0.15, 0.2) is 0 Å². The van der Waals surface area contributed by atoms with E-state index in [1.165, 1.54) is 4.31 Å². The van der Waals surface area contributed by atoms with E-state index in [4.69, 9.17) is 11.6 Å². The molecular formula is C21H19ClN2O2S. The molecule has 0 radical (unpaired) electrons. The van der Waals surface area contributed by atoms with Crippen LogP contribution in [0.15, 0.2) is 88.8 Å². The monoisotopic (exact) mass is 398 g/mol. The summed E-state index contributed by atoms with van der Waals surface area (Å²) >= 11 is 5.95. The van der Waals surface area contributed by atoms with Crippen molar-refractivity contribution in [2.24, 2.45) is 4.99 Å². The number of halogens is 1. The van der Waals surface area contributed by atoms with E-state index in [0.717, 1.165) is 11.1 Å². The summed E-state index contributed by atoms with van der Waals surface area (Å²) in [6.45, 7) is 0.317. The Morgan fingerprint density at radius 2 is 1.67 bits per heavy atom. The largest absolute Gasteiger partial charge is 0.256 e. The predicted octanol–water partition coefficient (Wildman–Crippen LogP) is 4.91. The van der Waals surface area contributed by atoms with E-state index in [9.17, 15) is 8.42 Å². The van der Waals surface area contributed by atoms with Crippen LogP contribution in [0.3, 0.4) is 0 Å². The number of hydrogen-bond donors (Lipinski definition) is 0. The lowest BCUT2D eigenvalue weighted by molar-refractivity contribution is 0.467. The minimum atomic E-state index is -3.56. The number of benzene rings is 3. The van der Waals surface area contributed by atoms with E-state index >= 15 is 0 Å². The average molecular weight is 399 g/mol. The topological polar surface area (TPSA) is 49.7 Å². The van der Waals surface area contributed by atoms with E-state index in [1.54, 1.807) is 43.6 Å². The molecule has 0 aliphatic carbocycles. The van der Waals surface area contributed by atoms with Crippen LogP contribution in [0.2, 0.25) is 5.02 Å². The summed E-state index contributed by atoms with van der Waals surface area (Å²) < 4.78 is 26.8. The second-order valence-electron chi connectivity index (χ2n) is 6.05. The third-order valence-electron chi connectivity index (χ3n) is 4.00. The van der Waals surface area contributed by atoms with Gasteiger partial charge in [-0.25, -0.2) is 8.42 Å². The van der Waals surface area contributed by atoms with Crippen molar-refractivity contribution in [2.75, 3.05) is 7.05 Å². The lowest BCUT2D eigenvalue weighted by atomic mass is 10.2. The standard InChI is InChI=1S/C21H19ClN2O2S/c1-24(16-17-6-3-2-4-7-17)27(25,26)21-12-10-20(11-13-21)23-15-18-8-5-9-19(22)14-18/h2-15H,16H2,1H3. The second kappa shape index (κ2) is 8.48. The first-order chi connectivity index (χ1) is 12.9. The van der Waals surface area contributed by atoms with Crippen molar-refractivity contribution in [2.45, 2.75) is 11.4 Å². The Balaban J connectivity index is 1.73. The van der Waals surface area contributed by atoms with Crippen LogP contribution in [0.5, 0.6) is 0 Å². The molecule has 4 nitrogen and oxygen atoms in total. The Morgan fingerprint density at radius 1 is 0.963 bits per heavy atom. The average Bonchev–Trinajstić information content (AvgIpc) is 2.67. The van der Waals surface area contributed by atoms with Crippen molar-refractivity contribution in [3.8, 4) is 0 Å². The zero-order valence-electron chi connectivity index (χ0n) is 14.8. The molecule has 0 bridgehead atoms. The molecule has 0 N–H and O–H groups in total. The van der Waals surface area contributed by atoms with Gasteiger partial charge in [0.2, 0.25) is 10.0 Å². The van der Waals surface area contributed by atoms with Crippen LogP contribution >= 0.6 is 11.6 Å². The molecule has 0 aliphatic heterocycles. The van der Waals surface area contributed by atoms with Gasteiger partial charge in [-0.1, -0.05) is 54.1 Å². The molecule has 138 valence electrons. The predicted molar refractivity (Wildman–Crippen MR) is 110 cm³/mol. The molecule has 0 fully saturated rings. The van der Waals surface area contributed by atoms with Gasteiger partial charge < -0.3 is 0 Å². The van der Waals surface area contributed by atoms with E-state index in [1.807, 2.05) is 48.5 Å². The molecule has 6 heteroatoms. The molecule has 0 amide bonds. The SMILES string of the molecule is CN(Cc1ccccc1)S(=O)(=O)c1ccc(N=Cc2cccc(Cl)c2)cc1. The zero-order chi connectivity index (χ0) is 19.3. The van der Waals surface area contributed by atoms with Crippen LogP contribution in [0, 0.1) is 0 Å². The molecule has 0 saturated carbocycles.